The summed E-state index contributed by atoms with van der Waals surface area (Å²) in [5.41, 5.74) is -0.209. The summed E-state index contributed by atoms with van der Waals surface area (Å²) in [7, 11) is 0. The highest BCUT2D eigenvalue weighted by molar-refractivity contribution is 5.94. The summed E-state index contributed by atoms with van der Waals surface area (Å²) in [6, 6.07) is 5.58. The molecule has 1 fully saturated rings. The second-order valence-corrected chi connectivity index (χ2v) is 6.73. The van der Waals surface area contributed by atoms with E-state index in [4.69, 9.17) is 4.74 Å². The lowest BCUT2D eigenvalue weighted by atomic mass is 10.0. The van der Waals surface area contributed by atoms with Gasteiger partial charge in [0.25, 0.3) is 5.91 Å². The fourth-order valence-electron chi connectivity index (χ4n) is 2.43. The van der Waals surface area contributed by atoms with E-state index < -0.39 is 11.4 Å². The van der Waals surface area contributed by atoms with E-state index in [-0.39, 0.29) is 18.0 Å². The highest BCUT2D eigenvalue weighted by Crippen LogP contribution is 2.16. The van der Waals surface area contributed by atoms with Gasteiger partial charge in [-0.2, -0.15) is 0 Å². The Bertz CT molecular complexity index is 575. The van der Waals surface area contributed by atoms with Crippen molar-refractivity contribution >= 4 is 12.0 Å². The molecular weight excluding hydrogens is 299 g/mol. The van der Waals surface area contributed by atoms with E-state index in [9.17, 15) is 14.0 Å². The van der Waals surface area contributed by atoms with Gasteiger partial charge in [-0.1, -0.05) is 6.07 Å². The number of piperidine rings is 1. The van der Waals surface area contributed by atoms with Crippen LogP contribution in [0.25, 0.3) is 0 Å². The van der Waals surface area contributed by atoms with Crippen LogP contribution in [0.3, 0.4) is 0 Å². The number of hydrogen-bond acceptors (Lipinski definition) is 3. The molecule has 1 heterocycles. The van der Waals surface area contributed by atoms with Crippen molar-refractivity contribution in [1.82, 2.24) is 10.2 Å². The molecule has 0 unspecified atom stereocenters. The van der Waals surface area contributed by atoms with E-state index >= 15 is 0 Å². The first-order valence-corrected chi connectivity index (χ1v) is 7.79. The second-order valence-electron chi connectivity index (χ2n) is 6.73. The van der Waals surface area contributed by atoms with E-state index in [1.54, 1.807) is 11.0 Å². The summed E-state index contributed by atoms with van der Waals surface area (Å²) in [5.74, 6) is -0.724. The third-order valence-corrected chi connectivity index (χ3v) is 3.57. The third-order valence-electron chi connectivity index (χ3n) is 3.57. The Kier molecular flexibility index (Phi) is 5.23. The molecule has 1 aliphatic rings. The number of halogens is 1. The number of carbonyl (C=O) groups excluding carboxylic acids is 2. The SMILES string of the molecule is CC(C)(C)OC(=O)N1CCC(NC(=O)c2cccc(F)c2)CC1. The zero-order chi connectivity index (χ0) is 17.0. The fraction of sp³-hybridized carbons (Fsp3) is 0.529. The monoisotopic (exact) mass is 322 g/mol. The molecule has 5 nitrogen and oxygen atoms in total. The van der Waals surface area contributed by atoms with Crippen LogP contribution in [0, 0.1) is 5.82 Å². The van der Waals surface area contributed by atoms with Crippen LogP contribution < -0.4 is 5.32 Å². The molecule has 1 saturated heterocycles. The van der Waals surface area contributed by atoms with E-state index in [0.29, 0.717) is 31.5 Å². The lowest BCUT2D eigenvalue weighted by molar-refractivity contribution is 0.0199. The van der Waals surface area contributed by atoms with Gasteiger partial charge in [0, 0.05) is 24.7 Å². The van der Waals surface area contributed by atoms with Crippen LogP contribution >= 0.6 is 0 Å². The molecule has 1 aromatic rings. The molecule has 2 rings (SSSR count). The molecule has 1 N–H and O–H groups in total. The molecule has 0 aromatic heterocycles. The number of carbonyl (C=O) groups is 2. The average Bonchev–Trinajstić information content (AvgIpc) is 2.46. The lowest BCUT2D eigenvalue weighted by Crippen LogP contribution is -2.47. The molecule has 126 valence electrons. The Labute approximate surface area is 135 Å². The molecule has 0 saturated carbocycles. The van der Waals surface area contributed by atoms with Gasteiger partial charge in [-0.3, -0.25) is 4.79 Å². The molecule has 0 radical (unpaired) electrons. The van der Waals surface area contributed by atoms with Crippen molar-refractivity contribution < 1.29 is 18.7 Å². The molecule has 0 atom stereocenters. The summed E-state index contributed by atoms with van der Waals surface area (Å²) in [6.45, 7) is 6.55. The maximum Gasteiger partial charge on any atom is 0.410 e. The van der Waals surface area contributed by atoms with Gasteiger partial charge in [0.2, 0.25) is 0 Å². The largest absolute Gasteiger partial charge is 0.444 e. The Balaban J connectivity index is 1.83. The predicted octanol–water partition coefficient (Wildman–Crippen LogP) is 2.96. The number of likely N-dealkylation sites (tertiary alicyclic amines) is 1. The maximum absolute atomic E-state index is 13.1. The number of benzene rings is 1. The standard InChI is InChI=1S/C17H23FN2O3/c1-17(2,3)23-16(22)20-9-7-14(8-10-20)19-15(21)12-5-4-6-13(18)11-12/h4-6,11,14H,7-10H2,1-3H3,(H,19,21). The predicted molar refractivity (Wildman–Crippen MR) is 84.7 cm³/mol. The second kappa shape index (κ2) is 6.98. The van der Waals surface area contributed by atoms with Crippen LogP contribution in [0.1, 0.15) is 44.0 Å². The van der Waals surface area contributed by atoms with E-state index in [1.165, 1.54) is 18.2 Å². The minimum atomic E-state index is -0.514. The third kappa shape index (κ3) is 5.23. The molecule has 23 heavy (non-hydrogen) atoms. The van der Waals surface area contributed by atoms with Gasteiger partial charge in [0.15, 0.2) is 0 Å². The van der Waals surface area contributed by atoms with Crippen molar-refractivity contribution in [3.05, 3.63) is 35.6 Å². The van der Waals surface area contributed by atoms with Crippen LogP contribution in [-0.2, 0) is 4.74 Å². The lowest BCUT2D eigenvalue weighted by Gasteiger charge is -2.33. The first-order valence-electron chi connectivity index (χ1n) is 7.79. The number of nitrogens with one attached hydrogen (secondary N) is 1. The van der Waals surface area contributed by atoms with Crippen molar-refractivity contribution in [2.24, 2.45) is 0 Å². The highest BCUT2D eigenvalue weighted by atomic mass is 19.1. The van der Waals surface area contributed by atoms with Gasteiger partial charge in [-0.15, -0.1) is 0 Å². The summed E-state index contributed by atoms with van der Waals surface area (Å²) in [4.78, 5) is 25.7. The number of rotatable bonds is 2. The fourth-order valence-corrected chi connectivity index (χ4v) is 2.43. The Morgan fingerprint density at radius 1 is 1.26 bits per heavy atom. The van der Waals surface area contributed by atoms with Crippen LogP contribution in [0.5, 0.6) is 0 Å². The molecule has 2 amide bonds. The quantitative estimate of drug-likeness (QED) is 0.911. The molecule has 0 bridgehead atoms. The number of amides is 2. The van der Waals surface area contributed by atoms with Gasteiger partial charge in [-0.05, 0) is 51.8 Å². The van der Waals surface area contributed by atoms with E-state index in [0.717, 1.165) is 0 Å². The molecule has 6 heteroatoms. The molecule has 0 spiro atoms. The zero-order valence-corrected chi connectivity index (χ0v) is 13.8. The summed E-state index contributed by atoms with van der Waals surface area (Å²) in [6.07, 6.45) is 0.980. The number of hydrogen-bond donors (Lipinski definition) is 1. The van der Waals surface area contributed by atoms with Gasteiger partial charge in [0.1, 0.15) is 11.4 Å². The van der Waals surface area contributed by atoms with Gasteiger partial charge in [-0.25, -0.2) is 9.18 Å². The Morgan fingerprint density at radius 2 is 1.91 bits per heavy atom. The first kappa shape index (κ1) is 17.2. The topological polar surface area (TPSA) is 58.6 Å². The minimum absolute atomic E-state index is 0.0237. The highest BCUT2D eigenvalue weighted by Gasteiger charge is 2.27. The molecule has 0 aliphatic carbocycles. The van der Waals surface area contributed by atoms with Crippen LogP contribution in [-0.4, -0.2) is 41.6 Å². The van der Waals surface area contributed by atoms with Crippen molar-refractivity contribution in [3.8, 4) is 0 Å². The van der Waals surface area contributed by atoms with Crippen molar-refractivity contribution in [3.63, 3.8) is 0 Å². The van der Waals surface area contributed by atoms with Crippen LogP contribution in [0.4, 0.5) is 9.18 Å². The molecule has 1 aromatic carbocycles. The summed E-state index contributed by atoms with van der Waals surface area (Å²) < 4.78 is 18.5. The van der Waals surface area contributed by atoms with Crippen molar-refractivity contribution in [2.75, 3.05) is 13.1 Å². The average molecular weight is 322 g/mol. The number of ether oxygens (including phenoxy) is 1. The smallest absolute Gasteiger partial charge is 0.410 e. The zero-order valence-electron chi connectivity index (χ0n) is 13.8. The Morgan fingerprint density at radius 3 is 2.48 bits per heavy atom. The first-order chi connectivity index (χ1) is 10.7. The molecule has 1 aliphatic heterocycles. The van der Waals surface area contributed by atoms with Gasteiger partial charge in [0.05, 0.1) is 0 Å². The minimum Gasteiger partial charge on any atom is -0.444 e. The maximum atomic E-state index is 13.1. The van der Waals surface area contributed by atoms with Crippen LogP contribution in [0.15, 0.2) is 24.3 Å². The normalized spacial score (nSPS) is 16.1. The van der Waals surface area contributed by atoms with E-state index in [2.05, 4.69) is 5.32 Å². The van der Waals surface area contributed by atoms with Crippen molar-refractivity contribution in [1.29, 1.82) is 0 Å². The van der Waals surface area contributed by atoms with Crippen LogP contribution in [0.2, 0.25) is 0 Å². The Hall–Kier alpha value is -2.11. The summed E-state index contributed by atoms with van der Waals surface area (Å²) in [5, 5.41) is 2.89. The number of nitrogens with zero attached hydrogens (tertiary/aromatic N) is 1. The van der Waals surface area contributed by atoms with Gasteiger partial charge >= 0.3 is 6.09 Å². The van der Waals surface area contributed by atoms with E-state index in [1.807, 2.05) is 20.8 Å². The summed E-state index contributed by atoms with van der Waals surface area (Å²) >= 11 is 0. The van der Waals surface area contributed by atoms with Crippen molar-refractivity contribution in [2.45, 2.75) is 45.3 Å². The molecular formula is C17H23FN2O3. The van der Waals surface area contributed by atoms with Gasteiger partial charge < -0.3 is 15.0 Å².